The zero-order chi connectivity index (χ0) is 39.5. The summed E-state index contributed by atoms with van der Waals surface area (Å²) in [5.74, 6) is 0.869. The highest BCUT2D eigenvalue weighted by Gasteiger charge is 2.35. The summed E-state index contributed by atoms with van der Waals surface area (Å²) in [6, 6.07) is 57.1. The molecule has 0 saturated heterocycles. The van der Waals surface area contributed by atoms with Crippen LogP contribution in [-0.4, -0.2) is 10.8 Å². The van der Waals surface area contributed by atoms with Crippen molar-refractivity contribution in [1.82, 2.24) is 20.9 Å². The molecule has 1 aromatic heterocycles. The van der Waals surface area contributed by atoms with Gasteiger partial charge in [0.25, 0.3) is 0 Å². The lowest BCUT2D eigenvalue weighted by Gasteiger charge is -2.32. The van der Waals surface area contributed by atoms with E-state index in [1.165, 1.54) is 44.5 Å². The Morgan fingerprint density at radius 3 is 2.08 bits per heavy atom. The van der Waals surface area contributed by atoms with Crippen LogP contribution in [0.4, 0.5) is 0 Å². The average molecular weight is 762 g/mol. The number of rotatable bonds is 6. The second-order valence-electron chi connectivity index (χ2n) is 16.4. The molecular formula is C54H43N5. The number of allylic oxidation sites excluding steroid dienone is 2. The van der Waals surface area contributed by atoms with E-state index in [2.05, 4.69) is 200 Å². The Bertz CT molecular complexity index is 2880. The van der Waals surface area contributed by atoms with Crippen LogP contribution in [0.5, 0.6) is 0 Å². The highest BCUT2D eigenvalue weighted by atomic mass is 15.3. The van der Waals surface area contributed by atoms with Crippen molar-refractivity contribution in [2.24, 2.45) is 4.99 Å². The van der Waals surface area contributed by atoms with E-state index in [1.54, 1.807) is 0 Å². The zero-order valence-corrected chi connectivity index (χ0v) is 33.0. The van der Waals surface area contributed by atoms with Crippen molar-refractivity contribution in [3.63, 3.8) is 0 Å². The number of nitrogens with one attached hydrogen (secondary N) is 3. The Hall–Kier alpha value is -7.08. The molecule has 59 heavy (non-hydrogen) atoms. The fourth-order valence-electron chi connectivity index (χ4n) is 9.39. The molecule has 4 aliphatic rings. The van der Waals surface area contributed by atoms with Crippen LogP contribution in [0.2, 0.25) is 0 Å². The van der Waals surface area contributed by atoms with E-state index in [1.807, 2.05) is 18.3 Å². The molecule has 0 amide bonds. The molecule has 2 aliphatic heterocycles. The van der Waals surface area contributed by atoms with Crippen LogP contribution in [0.15, 0.2) is 193 Å². The lowest BCUT2D eigenvalue weighted by molar-refractivity contribution is 0.409. The van der Waals surface area contributed by atoms with Crippen molar-refractivity contribution in [2.45, 2.75) is 37.6 Å². The van der Waals surface area contributed by atoms with Crippen molar-refractivity contribution in [3.8, 4) is 33.4 Å². The van der Waals surface area contributed by atoms with Gasteiger partial charge in [-0.2, -0.15) is 0 Å². The molecule has 5 nitrogen and oxygen atoms in total. The highest BCUT2D eigenvalue weighted by Crippen LogP contribution is 2.50. The number of hydrogen-bond acceptors (Lipinski definition) is 5. The monoisotopic (exact) mass is 761 g/mol. The van der Waals surface area contributed by atoms with Gasteiger partial charge < -0.3 is 10.6 Å². The SMILES string of the molecule is CC1(C)c2ccccc2-c2ccc(-c3cc(-c4ccc(C5=C6C=Cc7cccnc7C6NC=C5)cc4)cc(C4N=C(c5ccccc5)NC(c5ccccc5)N4)c3)cc21. The molecule has 2 aliphatic carbocycles. The number of fused-ring (bicyclic) bond motifs is 6. The Labute approximate surface area is 345 Å². The first-order valence-corrected chi connectivity index (χ1v) is 20.5. The van der Waals surface area contributed by atoms with Crippen molar-refractivity contribution < 1.29 is 0 Å². The van der Waals surface area contributed by atoms with E-state index in [4.69, 9.17) is 9.98 Å². The van der Waals surface area contributed by atoms with Crippen LogP contribution >= 0.6 is 0 Å². The molecule has 6 aromatic carbocycles. The highest BCUT2D eigenvalue weighted by molar-refractivity contribution is 5.99. The second-order valence-corrected chi connectivity index (χ2v) is 16.4. The lowest BCUT2D eigenvalue weighted by atomic mass is 9.81. The molecule has 3 N–H and O–H groups in total. The Kier molecular flexibility index (Phi) is 8.38. The van der Waals surface area contributed by atoms with Crippen LogP contribution in [0.25, 0.3) is 45.0 Å². The summed E-state index contributed by atoms with van der Waals surface area (Å²) in [7, 11) is 0. The van der Waals surface area contributed by atoms with Gasteiger partial charge in [-0.1, -0.05) is 153 Å². The first-order valence-electron chi connectivity index (χ1n) is 20.5. The summed E-state index contributed by atoms with van der Waals surface area (Å²) in [6.45, 7) is 4.70. The maximum atomic E-state index is 5.37. The minimum atomic E-state index is -0.303. The molecule has 3 atom stereocenters. The molecule has 7 aromatic rings. The summed E-state index contributed by atoms with van der Waals surface area (Å²) in [4.78, 5) is 10.1. The zero-order valence-electron chi connectivity index (χ0n) is 33.0. The molecule has 0 bridgehead atoms. The van der Waals surface area contributed by atoms with Crippen molar-refractivity contribution in [3.05, 3.63) is 232 Å². The first kappa shape index (κ1) is 35.1. The molecule has 284 valence electrons. The molecule has 0 spiro atoms. The predicted molar refractivity (Wildman–Crippen MR) is 241 cm³/mol. The first-order chi connectivity index (χ1) is 29.0. The summed E-state index contributed by atoms with van der Waals surface area (Å²) in [6.07, 6.45) is 10.1. The largest absolute Gasteiger partial charge is 0.379 e. The fraction of sp³-hybridized carbons (Fsp3) is 0.111. The Morgan fingerprint density at radius 1 is 0.542 bits per heavy atom. The number of aromatic nitrogens is 1. The fourth-order valence-corrected chi connectivity index (χ4v) is 9.39. The van der Waals surface area contributed by atoms with Gasteiger partial charge in [-0.15, -0.1) is 0 Å². The topological polar surface area (TPSA) is 61.3 Å². The molecular weight excluding hydrogens is 719 g/mol. The van der Waals surface area contributed by atoms with Crippen LogP contribution in [-0.2, 0) is 5.41 Å². The minimum Gasteiger partial charge on any atom is -0.379 e. The van der Waals surface area contributed by atoms with E-state index in [0.29, 0.717) is 0 Å². The number of nitrogens with zero attached hydrogens (tertiary/aromatic N) is 2. The lowest BCUT2D eigenvalue weighted by Crippen LogP contribution is -2.44. The normalized spacial score (nSPS) is 19.4. The van der Waals surface area contributed by atoms with Gasteiger partial charge in [0.2, 0.25) is 0 Å². The number of dihydropyridines is 1. The summed E-state index contributed by atoms with van der Waals surface area (Å²) in [5.41, 5.74) is 19.1. The van der Waals surface area contributed by atoms with Gasteiger partial charge in [0.15, 0.2) is 0 Å². The molecule has 5 heteroatoms. The van der Waals surface area contributed by atoms with E-state index in [9.17, 15) is 0 Å². The van der Waals surface area contributed by atoms with Gasteiger partial charge in [-0.05, 0) is 121 Å². The van der Waals surface area contributed by atoms with Gasteiger partial charge in [0.05, 0.1) is 11.7 Å². The number of pyridine rings is 1. The predicted octanol–water partition coefficient (Wildman–Crippen LogP) is 11.7. The van der Waals surface area contributed by atoms with Gasteiger partial charge >= 0.3 is 0 Å². The molecule has 3 heterocycles. The van der Waals surface area contributed by atoms with Crippen molar-refractivity contribution in [2.75, 3.05) is 0 Å². The minimum absolute atomic E-state index is 0.0266. The van der Waals surface area contributed by atoms with Crippen LogP contribution in [0.3, 0.4) is 0 Å². The standard InChI is InChI=1S/C54H43N5/c1-54(2)47-18-10-9-17-44(47)45-25-24-39(33-48(45)54)41-30-40(34-19-21-35(22-20-34)43-27-29-56-50-46(43)26-23-36-16-11-28-55-49(36)50)31-42(32-41)53-58-51(37-12-5-3-6-13-37)57-52(59-53)38-14-7-4-8-15-38/h3-33,50-51,53,56,58H,1-2H3,(H,57,59). The summed E-state index contributed by atoms with van der Waals surface area (Å²) >= 11 is 0. The van der Waals surface area contributed by atoms with Crippen LogP contribution in [0.1, 0.15) is 76.9 Å². The number of aliphatic imine (C=N–C) groups is 1. The third-order valence-corrected chi connectivity index (χ3v) is 12.5. The maximum absolute atomic E-state index is 5.37. The number of hydrogen-bond donors (Lipinski definition) is 3. The van der Waals surface area contributed by atoms with Crippen molar-refractivity contribution in [1.29, 1.82) is 0 Å². The van der Waals surface area contributed by atoms with E-state index in [0.717, 1.165) is 50.5 Å². The third-order valence-electron chi connectivity index (χ3n) is 12.5. The second kappa shape index (κ2) is 14.1. The van der Waals surface area contributed by atoms with Crippen LogP contribution in [0, 0.1) is 0 Å². The van der Waals surface area contributed by atoms with Gasteiger partial charge in [-0.25, -0.2) is 4.99 Å². The van der Waals surface area contributed by atoms with Crippen LogP contribution < -0.4 is 16.0 Å². The molecule has 0 saturated carbocycles. The van der Waals surface area contributed by atoms with E-state index < -0.39 is 0 Å². The quantitative estimate of drug-likeness (QED) is 0.158. The number of benzene rings is 6. The maximum Gasteiger partial charge on any atom is 0.131 e. The average Bonchev–Trinajstić information content (AvgIpc) is 3.54. The number of amidine groups is 1. The molecule has 0 radical (unpaired) electrons. The molecule has 0 fully saturated rings. The van der Waals surface area contributed by atoms with Gasteiger partial charge in [0.1, 0.15) is 18.2 Å². The van der Waals surface area contributed by atoms with E-state index in [-0.39, 0.29) is 23.8 Å². The Morgan fingerprint density at radius 2 is 1.25 bits per heavy atom. The van der Waals surface area contributed by atoms with Gasteiger partial charge in [-0.3, -0.25) is 10.3 Å². The van der Waals surface area contributed by atoms with E-state index >= 15 is 0 Å². The molecule has 3 unspecified atom stereocenters. The van der Waals surface area contributed by atoms with Crippen molar-refractivity contribution >= 4 is 17.5 Å². The summed E-state index contributed by atoms with van der Waals surface area (Å²) < 4.78 is 0. The third kappa shape index (κ3) is 6.14. The van der Waals surface area contributed by atoms with Gasteiger partial charge in [0, 0.05) is 17.2 Å². The molecule has 11 rings (SSSR count). The smallest absolute Gasteiger partial charge is 0.131 e. The summed E-state index contributed by atoms with van der Waals surface area (Å²) in [5, 5.41) is 11.1. The Balaban J connectivity index is 1.03.